The van der Waals surface area contributed by atoms with Gasteiger partial charge in [0.05, 0.1) is 13.7 Å². The smallest absolute Gasteiger partial charge is 0.326 e. The van der Waals surface area contributed by atoms with Crippen molar-refractivity contribution in [1.82, 2.24) is 10.2 Å². The summed E-state index contributed by atoms with van der Waals surface area (Å²) in [6, 6.07) is 6.05. The molecule has 1 aromatic carbocycles. The van der Waals surface area contributed by atoms with Gasteiger partial charge in [0.1, 0.15) is 11.8 Å². The second-order valence-electron chi connectivity index (χ2n) is 5.18. The Morgan fingerprint density at radius 3 is 2.48 bits per heavy atom. The molecule has 21 heavy (non-hydrogen) atoms. The van der Waals surface area contributed by atoms with Gasteiger partial charge in [0.25, 0.3) is 0 Å². The minimum absolute atomic E-state index is 0.189. The number of benzene rings is 1. The summed E-state index contributed by atoms with van der Waals surface area (Å²) in [5.74, 6) is -0.536. The van der Waals surface area contributed by atoms with Gasteiger partial charge in [-0.3, -0.25) is 0 Å². The van der Waals surface area contributed by atoms with Crippen molar-refractivity contribution in [1.29, 1.82) is 0 Å². The lowest BCUT2D eigenvalue weighted by atomic mass is 10.1. The maximum atomic E-state index is 12.1. The molecule has 0 bridgehead atoms. The highest BCUT2D eigenvalue weighted by Crippen LogP contribution is 2.18. The number of nitrogens with zero attached hydrogens (tertiary/aromatic N) is 1. The normalized spacial score (nSPS) is 11.9. The minimum atomic E-state index is -1.04. The van der Waals surface area contributed by atoms with E-state index >= 15 is 0 Å². The van der Waals surface area contributed by atoms with Crippen LogP contribution in [0, 0.1) is 5.92 Å². The fourth-order valence-electron chi connectivity index (χ4n) is 1.92. The highest BCUT2D eigenvalue weighted by Gasteiger charge is 2.25. The first-order valence-corrected chi connectivity index (χ1v) is 6.73. The van der Waals surface area contributed by atoms with Crippen molar-refractivity contribution in [2.24, 2.45) is 5.92 Å². The number of para-hydroxylation sites is 1. The van der Waals surface area contributed by atoms with Crippen LogP contribution in [0.15, 0.2) is 24.3 Å². The Bertz CT molecular complexity index is 502. The Balaban J connectivity index is 2.72. The first-order chi connectivity index (χ1) is 9.86. The standard InChI is InChI=1S/C15H22N2O4/c1-10(2)13(14(18)19)16-15(20)17(3)9-11-7-5-6-8-12(11)21-4/h5-8,10,13H,9H2,1-4H3,(H,16,20)(H,18,19)/t13-/m1/s1. The quantitative estimate of drug-likeness (QED) is 0.840. The van der Waals surface area contributed by atoms with Gasteiger partial charge < -0.3 is 20.1 Å². The molecule has 116 valence electrons. The van der Waals surface area contributed by atoms with Crippen molar-refractivity contribution in [3.8, 4) is 5.75 Å². The summed E-state index contributed by atoms with van der Waals surface area (Å²) >= 11 is 0. The Morgan fingerprint density at radius 1 is 1.33 bits per heavy atom. The highest BCUT2D eigenvalue weighted by atomic mass is 16.5. The topological polar surface area (TPSA) is 78.9 Å². The van der Waals surface area contributed by atoms with Crippen LogP contribution in [0.1, 0.15) is 19.4 Å². The van der Waals surface area contributed by atoms with Crippen LogP contribution in [0.3, 0.4) is 0 Å². The van der Waals surface area contributed by atoms with Crippen molar-refractivity contribution in [3.63, 3.8) is 0 Å². The average Bonchev–Trinajstić information content (AvgIpc) is 2.44. The third-order valence-corrected chi connectivity index (χ3v) is 3.16. The number of aliphatic carboxylic acids is 1. The number of carbonyl (C=O) groups excluding carboxylic acids is 1. The number of amides is 2. The van der Waals surface area contributed by atoms with Crippen LogP contribution in [0.2, 0.25) is 0 Å². The molecule has 6 nitrogen and oxygen atoms in total. The molecule has 0 radical (unpaired) electrons. The number of nitrogens with one attached hydrogen (secondary N) is 1. The zero-order valence-electron chi connectivity index (χ0n) is 12.8. The summed E-state index contributed by atoms with van der Waals surface area (Å²) in [5.41, 5.74) is 0.856. The fraction of sp³-hybridized carbons (Fsp3) is 0.467. The molecule has 1 aromatic rings. The van der Waals surface area contributed by atoms with Crippen LogP contribution in [-0.2, 0) is 11.3 Å². The monoisotopic (exact) mass is 294 g/mol. The van der Waals surface area contributed by atoms with Gasteiger partial charge >= 0.3 is 12.0 Å². The average molecular weight is 294 g/mol. The minimum Gasteiger partial charge on any atom is -0.496 e. The Hall–Kier alpha value is -2.24. The highest BCUT2D eigenvalue weighted by molar-refractivity contribution is 5.82. The number of carbonyl (C=O) groups is 2. The van der Waals surface area contributed by atoms with Gasteiger partial charge in [-0.1, -0.05) is 32.0 Å². The Labute approximate surface area is 124 Å². The summed E-state index contributed by atoms with van der Waals surface area (Å²) in [7, 11) is 3.18. The molecule has 0 aliphatic heterocycles. The number of methoxy groups -OCH3 is 1. The number of carboxylic acids is 1. The summed E-state index contributed by atoms with van der Waals surface area (Å²) in [5, 5.41) is 11.6. The van der Waals surface area contributed by atoms with E-state index in [9.17, 15) is 9.59 Å². The lowest BCUT2D eigenvalue weighted by Crippen LogP contribution is -2.48. The molecular formula is C15H22N2O4. The molecule has 6 heteroatoms. The first kappa shape index (κ1) is 16.8. The van der Waals surface area contributed by atoms with Crippen LogP contribution in [-0.4, -0.2) is 42.2 Å². The van der Waals surface area contributed by atoms with Gasteiger partial charge in [-0.15, -0.1) is 0 Å². The maximum Gasteiger partial charge on any atom is 0.326 e. The van der Waals surface area contributed by atoms with E-state index in [4.69, 9.17) is 9.84 Å². The molecule has 0 aliphatic carbocycles. The number of rotatable bonds is 6. The molecule has 2 N–H and O–H groups in total. The molecular weight excluding hydrogens is 272 g/mol. The molecule has 0 aliphatic rings. The van der Waals surface area contributed by atoms with E-state index in [0.717, 1.165) is 5.56 Å². The van der Waals surface area contributed by atoms with E-state index < -0.39 is 18.0 Å². The third kappa shape index (κ3) is 4.66. The predicted octanol–water partition coefficient (Wildman–Crippen LogP) is 1.95. The van der Waals surface area contributed by atoms with Crippen LogP contribution in [0.5, 0.6) is 5.75 Å². The number of urea groups is 1. The fourth-order valence-corrected chi connectivity index (χ4v) is 1.92. The van der Waals surface area contributed by atoms with Gasteiger partial charge in [-0.05, 0) is 12.0 Å². The Kier molecular flexibility index (Phi) is 6.02. The maximum absolute atomic E-state index is 12.1. The van der Waals surface area contributed by atoms with Crippen LogP contribution in [0.25, 0.3) is 0 Å². The van der Waals surface area contributed by atoms with E-state index in [1.54, 1.807) is 28.0 Å². The van der Waals surface area contributed by atoms with Crippen LogP contribution < -0.4 is 10.1 Å². The Morgan fingerprint density at radius 2 is 1.95 bits per heavy atom. The van der Waals surface area contributed by atoms with E-state index in [1.165, 1.54) is 4.90 Å². The summed E-state index contributed by atoms with van der Waals surface area (Å²) in [4.78, 5) is 24.6. The van der Waals surface area contributed by atoms with E-state index in [1.807, 2.05) is 24.3 Å². The van der Waals surface area contributed by atoms with Crippen molar-refractivity contribution < 1.29 is 19.4 Å². The first-order valence-electron chi connectivity index (χ1n) is 6.73. The van der Waals surface area contributed by atoms with Crippen LogP contribution >= 0.6 is 0 Å². The van der Waals surface area contributed by atoms with Gasteiger partial charge in [0, 0.05) is 12.6 Å². The van der Waals surface area contributed by atoms with Crippen molar-refractivity contribution >= 4 is 12.0 Å². The number of carboxylic acid groups (broad SMARTS) is 1. The van der Waals surface area contributed by atoms with Crippen molar-refractivity contribution in [2.45, 2.75) is 26.4 Å². The SMILES string of the molecule is COc1ccccc1CN(C)C(=O)N[C@@H](C(=O)O)C(C)C. The molecule has 0 aromatic heterocycles. The molecule has 1 atom stereocenters. The number of hydrogen-bond donors (Lipinski definition) is 2. The van der Waals surface area contributed by atoms with Crippen LogP contribution in [0.4, 0.5) is 4.79 Å². The second kappa shape index (κ2) is 7.52. The van der Waals surface area contributed by atoms with Crippen molar-refractivity contribution in [2.75, 3.05) is 14.2 Å². The molecule has 0 unspecified atom stereocenters. The molecule has 2 amide bonds. The number of hydrogen-bond acceptors (Lipinski definition) is 3. The largest absolute Gasteiger partial charge is 0.496 e. The molecule has 0 heterocycles. The second-order valence-corrected chi connectivity index (χ2v) is 5.18. The van der Waals surface area contributed by atoms with Gasteiger partial charge in [-0.25, -0.2) is 9.59 Å². The zero-order valence-corrected chi connectivity index (χ0v) is 12.8. The van der Waals surface area contributed by atoms with Gasteiger partial charge in [0.2, 0.25) is 0 Å². The van der Waals surface area contributed by atoms with E-state index in [-0.39, 0.29) is 5.92 Å². The van der Waals surface area contributed by atoms with E-state index in [0.29, 0.717) is 12.3 Å². The zero-order chi connectivity index (χ0) is 16.0. The lowest BCUT2D eigenvalue weighted by Gasteiger charge is -2.23. The molecule has 1 rings (SSSR count). The predicted molar refractivity (Wildman–Crippen MR) is 79.3 cm³/mol. The van der Waals surface area contributed by atoms with E-state index in [2.05, 4.69) is 5.32 Å². The lowest BCUT2D eigenvalue weighted by molar-refractivity contribution is -0.140. The van der Waals surface area contributed by atoms with Gasteiger partial charge in [-0.2, -0.15) is 0 Å². The summed E-state index contributed by atoms with van der Waals surface area (Å²) < 4.78 is 5.23. The summed E-state index contributed by atoms with van der Waals surface area (Å²) in [6.07, 6.45) is 0. The summed E-state index contributed by atoms with van der Waals surface area (Å²) in [6.45, 7) is 3.83. The van der Waals surface area contributed by atoms with Gasteiger partial charge in [0.15, 0.2) is 0 Å². The molecule has 0 fully saturated rings. The van der Waals surface area contributed by atoms with Crippen molar-refractivity contribution in [3.05, 3.63) is 29.8 Å². The molecule has 0 saturated carbocycles. The molecule has 0 saturated heterocycles. The molecule has 0 spiro atoms. The number of ether oxygens (including phenoxy) is 1. The third-order valence-electron chi connectivity index (χ3n) is 3.16.